The summed E-state index contributed by atoms with van der Waals surface area (Å²) in [4.78, 5) is 42.3. The monoisotopic (exact) mass is 788 g/mol. The van der Waals surface area contributed by atoms with E-state index in [9.17, 15) is 39.9 Å². The number of ether oxygens (including phenoxy) is 5. The maximum atomic E-state index is 14.1. The Morgan fingerprint density at radius 1 is 0.964 bits per heavy atom. The van der Waals surface area contributed by atoms with E-state index in [0.717, 1.165) is 44.1 Å². The van der Waals surface area contributed by atoms with Crippen LogP contribution in [0.4, 0.5) is 0 Å². The number of aliphatic hydroxyl groups excluding tert-OH is 5. The third-order valence-electron chi connectivity index (χ3n) is 10.9. The number of carbonyl (C=O) groups is 3. The largest absolute Gasteiger partial charge is 0.456 e. The van der Waals surface area contributed by atoms with Gasteiger partial charge in [-0.05, 0) is 49.5 Å². The summed E-state index contributed by atoms with van der Waals surface area (Å²) in [7, 11) is 0. The molecule has 3 saturated heterocycles. The van der Waals surface area contributed by atoms with E-state index in [1.165, 1.54) is 0 Å². The fourth-order valence-corrected chi connectivity index (χ4v) is 7.83. The summed E-state index contributed by atoms with van der Waals surface area (Å²) >= 11 is 0. The van der Waals surface area contributed by atoms with Crippen LogP contribution in [0.25, 0.3) is 6.08 Å². The van der Waals surface area contributed by atoms with Gasteiger partial charge < -0.3 is 59.4 Å². The third-order valence-corrected chi connectivity index (χ3v) is 10.9. The fraction of sp³-hybridized carbons (Fsp3) is 0.683. The van der Waals surface area contributed by atoms with Crippen LogP contribution in [-0.4, -0.2) is 142 Å². The minimum atomic E-state index is -1.54. The summed E-state index contributed by atoms with van der Waals surface area (Å²) in [5.74, 6) is -2.09. The maximum Gasteiger partial charge on any atom is 0.338 e. The van der Waals surface area contributed by atoms with Gasteiger partial charge in [0.2, 0.25) is 11.8 Å². The van der Waals surface area contributed by atoms with Crippen LogP contribution in [0.15, 0.2) is 42.0 Å². The molecule has 0 bridgehead atoms. The molecule has 1 aromatic carbocycles. The number of likely N-dealkylation sites (tertiary alicyclic amines) is 1. The molecule has 6 N–H and O–H groups in total. The van der Waals surface area contributed by atoms with E-state index in [4.69, 9.17) is 23.7 Å². The Morgan fingerprint density at radius 3 is 2.34 bits per heavy atom. The summed E-state index contributed by atoms with van der Waals surface area (Å²) in [6, 6.07) is 6.01. The summed E-state index contributed by atoms with van der Waals surface area (Å²) in [6.45, 7) is 4.00. The Bertz CT molecular complexity index is 1490. The molecule has 9 unspecified atom stereocenters. The van der Waals surface area contributed by atoms with Crippen LogP contribution in [-0.2, 0) is 33.3 Å². The van der Waals surface area contributed by atoms with Crippen LogP contribution in [0.2, 0.25) is 0 Å². The van der Waals surface area contributed by atoms with Crippen molar-refractivity contribution in [1.29, 1.82) is 0 Å². The molecule has 9 atom stereocenters. The number of unbranched alkanes of at least 4 members (excludes halogenated alkanes) is 4. The lowest BCUT2D eigenvalue weighted by Gasteiger charge is -2.39. The zero-order chi connectivity index (χ0) is 40.2. The van der Waals surface area contributed by atoms with Crippen molar-refractivity contribution >= 4 is 23.9 Å². The summed E-state index contributed by atoms with van der Waals surface area (Å²) in [6.07, 6.45) is 4.74. The second kappa shape index (κ2) is 21.0. The Morgan fingerprint density at radius 2 is 1.68 bits per heavy atom. The zero-order valence-corrected chi connectivity index (χ0v) is 32.5. The number of nitrogens with one attached hydrogen (secondary N) is 1. The smallest absolute Gasteiger partial charge is 0.338 e. The second-order valence-corrected chi connectivity index (χ2v) is 15.1. The van der Waals surface area contributed by atoms with Crippen molar-refractivity contribution in [2.45, 2.75) is 145 Å². The highest BCUT2D eigenvalue weighted by Crippen LogP contribution is 2.43. The quantitative estimate of drug-likeness (QED) is 0.0877. The van der Waals surface area contributed by atoms with Gasteiger partial charge >= 0.3 is 5.97 Å². The van der Waals surface area contributed by atoms with Gasteiger partial charge in [0, 0.05) is 37.9 Å². The predicted molar refractivity (Wildman–Crippen MR) is 203 cm³/mol. The lowest BCUT2D eigenvalue weighted by molar-refractivity contribution is -0.298. The van der Waals surface area contributed by atoms with Crippen LogP contribution in [0.5, 0.6) is 0 Å². The van der Waals surface area contributed by atoms with Crippen LogP contribution < -0.4 is 5.32 Å². The minimum Gasteiger partial charge on any atom is -0.456 e. The Kier molecular flexibility index (Phi) is 16.4. The second-order valence-electron chi connectivity index (χ2n) is 15.1. The van der Waals surface area contributed by atoms with Gasteiger partial charge in [0.05, 0.1) is 25.4 Å². The first-order valence-electron chi connectivity index (χ1n) is 20.2. The Labute approximate surface area is 328 Å². The standard InChI is InChI=1S/C41H60N2O13/c1-3-5-7-17-41(18-8-6-4-2)55-31-24-28(38(50)43-20-9-12-29(43)37(49)42-19-21-44)23-30(36(31)56-41)53-39(51)27-15-13-26(14-16-27)11-10-22-52-40-35(48)34(47)33(46)32(25-45)54-40/h10-11,13-16,24,29-36,40,44-48H,3-9,12,17-23,25H2,1-2H3,(H,42,49). The molecule has 0 aromatic heterocycles. The van der Waals surface area contributed by atoms with Crippen LogP contribution in [0.3, 0.4) is 0 Å². The number of rotatable bonds is 19. The molecular weight excluding hydrogens is 728 g/mol. The van der Waals surface area contributed by atoms with Gasteiger partial charge in [-0.3, -0.25) is 9.59 Å². The summed E-state index contributed by atoms with van der Waals surface area (Å²) in [5.41, 5.74) is 1.42. The van der Waals surface area contributed by atoms with E-state index in [-0.39, 0.29) is 43.6 Å². The number of hydrogen-bond donors (Lipinski definition) is 6. The van der Waals surface area contributed by atoms with Gasteiger partial charge in [-0.25, -0.2) is 4.79 Å². The van der Waals surface area contributed by atoms with Crippen molar-refractivity contribution in [2.24, 2.45) is 0 Å². The molecule has 1 aromatic rings. The molecule has 1 aliphatic carbocycles. The number of aliphatic hydroxyl groups is 5. The van der Waals surface area contributed by atoms with Crippen molar-refractivity contribution in [2.75, 3.05) is 32.9 Å². The lowest BCUT2D eigenvalue weighted by atomic mass is 9.91. The van der Waals surface area contributed by atoms with Gasteiger partial charge in [0.25, 0.3) is 0 Å². The van der Waals surface area contributed by atoms with E-state index < -0.39 is 73.4 Å². The number of fused-ring (bicyclic) bond motifs is 1. The van der Waals surface area contributed by atoms with E-state index >= 15 is 0 Å². The summed E-state index contributed by atoms with van der Waals surface area (Å²) < 4.78 is 30.5. The first-order valence-corrected chi connectivity index (χ1v) is 20.2. The molecule has 0 saturated carbocycles. The van der Waals surface area contributed by atoms with E-state index in [0.29, 0.717) is 37.8 Å². The van der Waals surface area contributed by atoms with Gasteiger partial charge in [0.1, 0.15) is 48.8 Å². The van der Waals surface area contributed by atoms with Crippen LogP contribution >= 0.6 is 0 Å². The number of carbonyl (C=O) groups excluding carboxylic acids is 3. The van der Waals surface area contributed by atoms with Gasteiger partial charge in [-0.15, -0.1) is 0 Å². The SMILES string of the molecule is CCCCCC1(CCCCC)OC2C=C(C(=O)N3CCCC3C(=O)NCCO)CC(OC(=O)c3ccc(C=CCOC4OC(CO)C(O)C(O)C4O)cc3)C2O1. The lowest BCUT2D eigenvalue weighted by Crippen LogP contribution is -2.59. The zero-order valence-electron chi connectivity index (χ0n) is 32.5. The van der Waals surface area contributed by atoms with E-state index in [1.54, 1.807) is 47.4 Å². The van der Waals surface area contributed by atoms with Crippen molar-refractivity contribution in [3.63, 3.8) is 0 Å². The number of benzene rings is 1. The first-order chi connectivity index (χ1) is 27.0. The highest BCUT2D eigenvalue weighted by Gasteiger charge is 2.53. The molecule has 56 heavy (non-hydrogen) atoms. The highest BCUT2D eigenvalue weighted by molar-refractivity contribution is 5.98. The molecule has 3 heterocycles. The first kappa shape index (κ1) is 43.9. The molecule has 2 amide bonds. The molecule has 0 radical (unpaired) electrons. The molecule has 5 rings (SSSR count). The number of hydrogen-bond acceptors (Lipinski definition) is 13. The van der Waals surface area contributed by atoms with Crippen molar-refractivity contribution in [3.05, 3.63) is 53.1 Å². The van der Waals surface area contributed by atoms with Gasteiger partial charge in [-0.2, -0.15) is 0 Å². The van der Waals surface area contributed by atoms with Crippen LogP contribution in [0, 0.1) is 0 Å². The average Bonchev–Trinajstić information content (AvgIpc) is 3.84. The number of nitrogens with zero attached hydrogens (tertiary/aromatic N) is 1. The van der Waals surface area contributed by atoms with Gasteiger partial charge in [-0.1, -0.05) is 63.8 Å². The van der Waals surface area contributed by atoms with Gasteiger partial charge in [0.15, 0.2) is 12.1 Å². The molecule has 3 aliphatic heterocycles. The topological polar surface area (TPSA) is 214 Å². The number of esters is 1. The third kappa shape index (κ3) is 10.8. The number of amides is 2. The highest BCUT2D eigenvalue weighted by atomic mass is 16.8. The molecule has 15 heteroatoms. The molecular formula is C41H60N2O13. The maximum absolute atomic E-state index is 14.1. The van der Waals surface area contributed by atoms with Crippen molar-refractivity contribution in [1.82, 2.24) is 10.2 Å². The molecule has 3 fully saturated rings. The predicted octanol–water partition coefficient (Wildman–Crippen LogP) is 2.11. The van der Waals surface area contributed by atoms with Crippen LogP contribution in [0.1, 0.15) is 100 Å². The molecule has 312 valence electrons. The van der Waals surface area contributed by atoms with E-state index in [2.05, 4.69) is 19.2 Å². The van der Waals surface area contributed by atoms with Crippen molar-refractivity contribution in [3.8, 4) is 0 Å². The van der Waals surface area contributed by atoms with E-state index in [1.807, 2.05) is 0 Å². The summed E-state index contributed by atoms with van der Waals surface area (Å²) in [5, 5.41) is 51.4. The van der Waals surface area contributed by atoms with Crippen molar-refractivity contribution < 1.29 is 63.6 Å². The molecule has 0 spiro atoms. The minimum absolute atomic E-state index is 0.0166. The fourth-order valence-electron chi connectivity index (χ4n) is 7.83. The average molecular weight is 789 g/mol. The molecule has 4 aliphatic rings. The Hall–Kier alpha value is -3.25. The Balaban J connectivity index is 1.28. The molecule has 15 nitrogen and oxygen atoms in total. The normalized spacial score (nSPS) is 29.9.